The second-order valence-electron chi connectivity index (χ2n) is 3.77. The van der Waals surface area contributed by atoms with E-state index in [1.165, 1.54) is 20.0 Å². The molecule has 0 aromatic heterocycles. The Morgan fingerprint density at radius 1 is 1.29 bits per heavy atom. The van der Waals surface area contributed by atoms with E-state index in [0.29, 0.717) is 5.56 Å². The van der Waals surface area contributed by atoms with Crippen LogP contribution in [0.15, 0.2) is 18.2 Å². The Kier molecular flexibility index (Phi) is 4.21. The fraction of sp³-hybridized carbons (Fsp3) is 0.455. The maximum atomic E-state index is 13.0. The van der Waals surface area contributed by atoms with Gasteiger partial charge in [0.05, 0.1) is 5.75 Å². The molecule has 0 fully saturated rings. The summed E-state index contributed by atoms with van der Waals surface area (Å²) in [7, 11) is -1.93. The molecule has 0 aliphatic heterocycles. The van der Waals surface area contributed by atoms with Crippen LogP contribution in [0.2, 0.25) is 0 Å². The maximum Gasteiger partial charge on any atom is 0.214 e. The first-order valence-corrected chi connectivity index (χ1v) is 6.81. The molecule has 0 heterocycles. The molecule has 0 amide bonds. The third-order valence-electron chi connectivity index (χ3n) is 2.78. The van der Waals surface area contributed by atoms with Crippen molar-refractivity contribution in [2.45, 2.75) is 19.9 Å². The van der Waals surface area contributed by atoms with Crippen molar-refractivity contribution in [3.63, 3.8) is 0 Å². The van der Waals surface area contributed by atoms with E-state index < -0.39 is 27.7 Å². The molecular formula is C11H15F2NO2S. The molecule has 0 bridgehead atoms. The van der Waals surface area contributed by atoms with Crippen LogP contribution in [-0.4, -0.2) is 25.5 Å². The Balaban J connectivity index is 3.04. The number of hydrogen-bond donors (Lipinski definition) is 0. The first-order chi connectivity index (χ1) is 7.79. The summed E-state index contributed by atoms with van der Waals surface area (Å²) in [6.45, 7) is 3.16. The lowest BCUT2D eigenvalue weighted by Gasteiger charge is -2.24. The molecule has 17 heavy (non-hydrogen) atoms. The minimum Gasteiger partial charge on any atom is -0.212 e. The van der Waals surface area contributed by atoms with Crippen molar-refractivity contribution in [2.75, 3.05) is 12.8 Å². The van der Waals surface area contributed by atoms with Gasteiger partial charge in [0.15, 0.2) is 11.6 Å². The number of rotatable bonds is 4. The first-order valence-electron chi connectivity index (χ1n) is 5.20. The lowest BCUT2D eigenvalue weighted by molar-refractivity contribution is 0.396. The Bertz CT molecular complexity index is 502. The minimum atomic E-state index is -3.35. The molecule has 96 valence electrons. The van der Waals surface area contributed by atoms with Gasteiger partial charge in [-0.3, -0.25) is 0 Å². The third-order valence-corrected chi connectivity index (χ3v) is 4.70. The SMILES string of the molecule is CCS(=O)(=O)N(C)C(C)c1ccc(F)c(F)c1. The van der Waals surface area contributed by atoms with Crippen LogP contribution in [0, 0.1) is 11.6 Å². The zero-order chi connectivity index (χ0) is 13.2. The van der Waals surface area contributed by atoms with Crippen molar-refractivity contribution in [2.24, 2.45) is 0 Å². The van der Waals surface area contributed by atoms with Gasteiger partial charge in [-0.2, -0.15) is 4.31 Å². The van der Waals surface area contributed by atoms with Crippen molar-refractivity contribution < 1.29 is 17.2 Å². The molecule has 0 aliphatic rings. The monoisotopic (exact) mass is 263 g/mol. The molecule has 1 rings (SSSR count). The number of benzene rings is 1. The highest BCUT2D eigenvalue weighted by Gasteiger charge is 2.23. The van der Waals surface area contributed by atoms with E-state index >= 15 is 0 Å². The highest BCUT2D eigenvalue weighted by atomic mass is 32.2. The van der Waals surface area contributed by atoms with E-state index in [0.717, 1.165) is 16.4 Å². The van der Waals surface area contributed by atoms with Gasteiger partial charge in [-0.1, -0.05) is 6.07 Å². The summed E-state index contributed by atoms with van der Waals surface area (Å²) in [5.74, 6) is -1.95. The molecule has 0 N–H and O–H groups in total. The fourth-order valence-electron chi connectivity index (χ4n) is 1.43. The number of halogens is 2. The highest BCUT2D eigenvalue weighted by molar-refractivity contribution is 7.89. The summed E-state index contributed by atoms with van der Waals surface area (Å²) in [5, 5.41) is 0. The zero-order valence-electron chi connectivity index (χ0n) is 9.94. The van der Waals surface area contributed by atoms with Crippen molar-refractivity contribution in [1.82, 2.24) is 4.31 Å². The van der Waals surface area contributed by atoms with Crippen LogP contribution in [0.4, 0.5) is 8.78 Å². The van der Waals surface area contributed by atoms with Crippen LogP contribution < -0.4 is 0 Å². The van der Waals surface area contributed by atoms with Crippen LogP contribution in [0.25, 0.3) is 0 Å². The second-order valence-corrected chi connectivity index (χ2v) is 6.08. The summed E-state index contributed by atoms with van der Waals surface area (Å²) in [6.07, 6.45) is 0. The molecule has 0 spiro atoms. The van der Waals surface area contributed by atoms with Gasteiger partial charge in [-0.05, 0) is 31.5 Å². The van der Waals surface area contributed by atoms with Crippen molar-refractivity contribution in [3.05, 3.63) is 35.4 Å². The molecule has 0 saturated heterocycles. The van der Waals surface area contributed by atoms with Gasteiger partial charge >= 0.3 is 0 Å². The van der Waals surface area contributed by atoms with E-state index in [-0.39, 0.29) is 5.75 Å². The Morgan fingerprint density at radius 2 is 1.88 bits per heavy atom. The van der Waals surface area contributed by atoms with Gasteiger partial charge in [-0.15, -0.1) is 0 Å². The minimum absolute atomic E-state index is 0.0302. The maximum absolute atomic E-state index is 13.0. The molecular weight excluding hydrogens is 248 g/mol. The first kappa shape index (κ1) is 14.1. The molecule has 0 aliphatic carbocycles. The van der Waals surface area contributed by atoms with Crippen LogP contribution in [0.1, 0.15) is 25.5 Å². The van der Waals surface area contributed by atoms with Crippen molar-refractivity contribution >= 4 is 10.0 Å². The Hall–Kier alpha value is -1.01. The standard InChI is InChI=1S/C11H15F2NO2S/c1-4-17(15,16)14(3)8(2)9-5-6-10(12)11(13)7-9/h5-8H,4H2,1-3H3. The Labute approximate surface area is 100 Å². The fourth-order valence-corrected chi connectivity index (χ4v) is 2.44. The summed E-state index contributed by atoms with van der Waals surface area (Å²) in [4.78, 5) is 0. The second kappa shape index (κ2) is 5.10. The van der Waals surface area contributed by atoms with Crippen molar-refractivity contribution in [1.29, 1.82) is 0 Å². The molecule has 0 saturated carbocycles. The lowest BCUT2D eigenvalue weighted by atomic mass is 10.1. The topological polar surface area (TPSA) is 37.4 Å². The predicted molar refractivity (Wildman–Crippen MR) is 62.0 cm³/mol. The van der Waals surface area contributed by atoms with Gasteiger partial charge in [0.25, 0.3) is 0 Å². The summed E-state index contributed by atoms with van der Waals surface area (Å²) in [6, 6.07) is 2.86. The highest BCUT2D eigenvalue weighted by Crippen LogP contribution is 2.23. The average molecular weight is 263 g/mol. The quantitative estimate of drug-likeness (QED) is 0.836. The summed E-state index contributed by atoms with van der Waals surface area (Å²) < 4.78 is 50.2. The van der Waals surface area contributed by atoms with E-state index in [9.17, 15) is 17.2 Å². The molecule has 1 aromatic carbocycles. The van der Waals surface area contributed by atoms with Crippen LogP contribution in [-0.2, 0) is 10.0 Å². The number of nitrogens with zero attached hydrogens (tertiary/aromatic N) is 1. The number of sulfonamides is 1. The number of hydrogen-bond acceptors (Lipinski definition) is 2. The lowest BCUT2D eigenvalue weighted by Crippen LogP contribution is -2.31. The van der Waals surface area contributed by atoms with E-state index in [4.69, 9.17) is 0 Å². The van der Waals surface area contributed by atoms with Crippen LogP contribution >= 0.6 is 0 Å². The van der Waals surface area contributed by atoms with Crippen LogP contribution in [0.3, 0.4) is 0 Å². The smallest absolute Gasteiger partial charge is 0.212 e. The normalized spacial score (nSPS) is 14.0. The molecule has 6 heteroatoms. The largest absolute Gasteiger partial charge is 0.214 e. The molecule has 1 aromatic rings. The van der Waals surface area contributed by atoms with E-state index in [1.807, 2.05) is 0 Å². The third kappa shape index (κ3) is 3.01. The molecule has 3 nitrogen and oxygen atoms in total. The van der Waals surface area contributed by atoms with E-state index in [2.05, 4.69) is 0 Å². The molecule has 1 unspecified atom stereocenters. The van der Waals surface area contributed by atoms with Crippen LogP contribution in [0.5, 0.6) is 0 Å². The Morgan fingerprint density at radius 3 is 2.35 bits per heavy atom. The summed E-state index contributed by atoms with van der Waals surface area (Å²) in [5.41, 5.74) is 0.420. The van der Waals surface area contributed by atoms with Gasteiger partial charge < -0.3 is 0 Å². The van der Waals surface area contributed by atoms with Gasteiger partial charge in [0, 0.05) is 13.1 Å². The molecule has 0 radical (unpaired) electrons. The van der Waals surface area contributed by atoms with Gasteiger partial charge in [0.1, 0.15) is 0 Å². The zero-order valence-corrected chi connectivity index (χ0v) is 10.8. The summed E-state index contributed by atoms with van der Waals surface area (Å²) >= 11 is 0. The van der Waals surface area contributed by atoms with Gasteiger partial charge in [-0.25, -0.2) is 17.2 Å². The predicted octanol–water partition coefficient (Wildman–Crippen LogP) is 2.31. The van der Waals surface area contributed by atoms with Crippen molar-refractivity contribution in [3.8, 4) is 0 Å². The average Bonchev–Trinajstić information content (AvgIpc) is 2.30. The molecule has 1 atom stereocenters. The van der Waals surface area contributed by atoms with E-state index in [1.54, 1.807) is 6.92 Å². The van der Waals surface area contributed by atoms with Gasteiger partial charge in [0.2, 0.25) is 10.0 Å².